The number of ether oxygens (including phenoxy) is 1. The van der Waals surface area contributed by atoms with Crippen LogP contribution in [0.5, 0.6) is 5.75 Å². The fraction of sp³-hybridized carbons (Fsp3) is 0.467. The Morgan fingerprint density at radius 1 is 1.33 bits per heavy atom. The Hall–Kier alpha value is -1.20. The van der Waals surface area contributed by atoms with E-state index in [4.69, 9.17) is 16.3 Å². The summed E-state index contributed by atoms with van der Waals surface area (Å²) in [7, 11) is 0. The zero-order valence-corrected chi connectivity index (χ0v) is 11.6. The van der Waals surface area contributed by atoms with Gasteiger partial charge in [-0.3, -0.25) is 0 Å². The Morgan fingerprint density at radius 2 is 2.06 bits per heavy atom. The smallest absolute Gasteiger partial charge is 0.165 e. The van der Waals surface area contributed by atoms with Gasteiger partial charge in [-0.15, -0.1) is 11.6 Å². The van der Waals surface area contributed by atoms with Crippen molar-refractivity contribution < 1.29 is 9.13 Å². The minimum absolute atomic E-state index is 0.265. The van der Waals surface area contributed by atoms with Crippen LogP contribution in [0.25, 0.3) is 0 Å². The van der Waals surface area contributed by atoms with Crippen molar-refractivity contribution in [3.05, 3.63) is 29.6 Å². The summed E-state index contributed by atoms with van der Waals surface area (Å²) in [6, 6.07) is 4.62. The molecule has 0 atom stereocenters. The molecule has 0 bridgehead atoms. The van der Waals surface area contributed by atoms with Crippen molar-refractivity contribution in [2.24, 2.45) is 5.92 Å². The molecule has 1 aromatic carbocycles. The first kappa shape index (κ1) is 14.9. The van der Waals surface area contributed by atoms with Gasteiger partial charge in [0.15, 0.2) is 11.6 Å². The predicted octanol–water partition coefficient (Wildman–Crippen LogP) is 4.23. The van der Waals surface area contributed by atoms with Crippen LogP contribution in [0.4, 0.5) is 4.39 Å². The predicted molar refractivity (Wildman–Crippen MR) is 73.6 cm³/mol. The molecule has 0 fully saturated rings. The Morgan fingerprint density at radius 3 is 2.67 bits per heavy atom. The summed E-state index contributed by atoms with van der Waals surface area (Å²) in [5, 5.41) is 0. The van der Waals surface area contributed by atoms with Crippen LogP contribution in [-0.4, -0.2) is 12.5 Å². The summed E-state index contributed by atoms with van der Waals surface area (Å²) in [6.45, 7) is 4.75. The quantitative estimate of drug-likeness (QED) is 0.574. The van der Waals surface area contributed by atoms with Gasteiger partial charge < -0.3 is 4.74 Å². The highest BCUT2D eigenvalue weighted by Gasteiger charge is 2.08. The fourth-order valence-corrected chi connectivity index (χ4v) is 1.63. The second kappa shape index (κ2) is 8.00. The number of rotatable bonds is 5. The SMILES string of the molecule is CCC(CC)COc1cc(C#CCCl)ccc1F. The van der Waals surface area contributed by atoms with E-state index in [1.165, 1.54) is 6.07 Å². The zero-order valence-electron chi connectivity index (χ0n) is 10.8. The monoisotopic (exact) mass is 268 g/mol. The van der Waals surface area contributed by atoms with Gasteiger partial charge in [-0.2, -0.15) is 0 Å². The molecule has 0 aliphatic heterocycles. The molecule has 98 valence electrons. The van der Waals surface area contributed by atoms with Crippen molar-refractivity contribution in [2.45, 2.75) is 26.7 Å². The maximum atomic E-state index is 13.6. The van der Waals surface area contributed by atoms with Crippen molar-refractivity contribution in [1.29, 1.82) is 0 Å². The van der Waals surface area contributed by atoms with Gasteiger partial charge in [0, 0.05) is 5.56 Å². The Labute approximate surface area is 113 Å². The van der Waals surface area contributed by atoms with Crippen LogP contribution in [0.2, 0.25) is 0 Å². The van der Waals surface area contributed by atoms with Gasteiger partial charge in [-0.05, 0) is 24.1 Å². The average molecular weight is 269 g/mol. The van der Waals surface area contributed by atoms with Crippen LogP contribution in [-0.2, 0) is 0 Å². The zero-order chi connectivity index (χ0) is 13.4. The highest BCUT2D eigenvalue weighted by molar-refractivity contribution is 6.19. The fourth-order valence-electron chi connectivity index (χ4n) is 1.56. The summed E-state index contributed by atoms with van der Waals surface area (Å²) in [6.07, 6.45) is 2.06. The van der Waals surface area contributed by atoms with E-state index in [0.717, 1.165) is 18.4 Å². The molecule has 0 saturated carbocycles. The van der Waals surface area contributed by atoms with Gasteiger partial charge in [0.2, 0.25) is 0 Å². The molecule has 0 heterocycles. The molecule has 0 N–H and O–H groups in total. The lowest BCUT2D eigenvalue weighted by atomic mass is 10.1. The van der Waals surface area contributed by atoms with E-state index in [1.807, 2.05) is 0 Å². The number of alkyl halides is 1. The average Bonchev–Trinajstić information content (AvgIpc) is 2.40. The summed E-state index contributed by atoms with van der Waals surface area (Å²) < 4.78 is 19.1. The molecule has 0 aromatic heterocycles. The molecule has 1 rings (SSSR count). The molecule has 0 aliphatic carbocycles. The van der Waals surface area contributed by atoms with Crippen molar-refractivity contribution in [2.75, 3.05) is 12.5 Å². The molecule has 1 nitrogen and oxygen atoms in total. The number of hydrogen-bond acceptors (Lipinski definition) is 1. The lowest BCUT2D eigenvalue weighted by Gasteiger charge is -2.14. The van der Waals surface area contributed by atoms with E-state index < -0.39 is 0 Å². The minimum atomic E-state index is -0.350. The normalized spacial score (nSPS) is 10.1. The largest absolute Gasteiger partial charge is 0.490 e. The lowest BCUT2D eigenvalue weighted by molar-refractivity contribution is 0.231. The number of hydrogen-bond donors (Lipinski definition) is 0. The van der Waals surface area contributed by atoms with Crippen LogP contribution in [0.1, 0.15) is 32.3 Å². The molecule has 0 unspecified atom stereocenters. The van der Waals surface area contributed by atoms with Gasteiger partial charge >= 0.3 is 0 Å². The topological polar surface area (TPSA) is 9.23 Å². The third kappa shape index (κ3) is 4.58. The van der Waals surface area contributed by atoms with Gasteiger partial charge in [0.05, 0.1) is 12.5 Å². The van der Waals surface area contributed by atoms with Gasteiger partial charge in [0.1, 0.15) is 0 Å². The Bertz CT molecular complexity index is 430. The van der Waals surface area contributed by atoms with Crippen molar-refractivity contribution in [1.82, 2.24) is 0 Å². The second-order valence-corrected chi connectivity index (χ2v) is 4.34. The molecular weight excluding hydrogens is 251 g/mol. The van der Waals surface area contributed by atoms with E-state index in [1.54, 1.807) is 12.1 Å². The second-order valence-electron chi connectivity index (χ2n) is 4.07. The van der Waals surface area contributed by atoms with Gasteiger partial charge in [-0.1, -0.05) is 38.5 Å². The van der Waals surface area contributed by atoms with Crippen LogP contribution < -0.4 is 4.74 Å². The summed E-state index contributed by atoms with van der Waals surface area (Å²) in [5.41, 5.74) is 0.719. The molecular formula is C15H18ClFO. The van der Waals surface area contributed by atoms with Crippen molar-refractivity contribution in [3.8, 4) is 17.6 Å². The first-order valence-corrected chi connectivity index (χ1v) is 6.71. The highest BCUT2D eigenvalue weighted by atomic mass is 35.5. The molecule has 0 radical (unpaired) electrons. The maximum absolute atomic E-state index is 13.6. The highest BCUT2D eigenvalue weighted by Crippen LogP contribution is 2.20. The standard InChI is InChI=1S/C15H18ClFO/c1-3-12(4-2)11-18-15-10-13(6-5-9-16)7-8-14(15)17/h7-8,10,12H,3-4,9,11H2,1-2H3. The number of benzene rings is 1. The van der Waals surface area contributed by atoms with Gasteiger partial charge in [-0.25, -0.2) is 4.39 Å². The molecule has 1 aromatic rings. The lowest BCUT2D eigenvalue weighted by Crippen LogP contribution is -2.10. The van der Waals surface area contributed by atoms with E-state index >= 15 is 0 Å². The van der Waals surface area contributed by atoms with E-state index in [0.29, 0.717) is 12.5 Å². The van der Waals surface area contributed by atoms with Gasteiger partial charge in [0.25, 0.3) is 0 Å². The van der Waals surface area contributed by atoms with E-state index in [-0.39, 0.29) is 17.4 Å². The van der Waals surface area contributed by atoms with Crippen LogP contribution in [0.3, 0.4) is 0 Å². The van der Waals surface area contributed by atoms with E-state index in [9.17, 15) is 4.39 Å². The number of halogens is 2. The Balaban J connectivity index is 2.74. The van der Waals surface area contributed by atoms with Crippen molar-refractivity contribution in [3.63, 3.8) is 0 Å². The van der Waals surface area contributed by atoms with Crippen LogP contribution in [0.15, 0.2) is 18.2 Å². The summed E-state index contributed by atoms with van der Waals surface area (Å²) in [5.74, 6) is 6.23. The molecule has 18 heavy (non-hydrogen) atoms. The Kier molecular flexibility index (Phi) is 6.60. The van der Waals surface area contributed by atoms with Crippen molar-refractivity contribution >= 4 is 11.6 Å². The molecule has 3 heteroatoms. The van der Waals surface area contributed by atoms with Crippen LogP contribution >= 0.6 is 11.6 Å². The van der Waals surface area contributed by atoms with E-state index in [2.05, 4.69) is 25.7 Å². The molecule has 0 saturated heterocycles. The first-order valence-electron chi connectivity index (χ1n) is 6.18. The molecule has 0 amide bonds. The molecule has 0 aliphatic rings. The molecule has 0 spiro atoms. The minimum Gasteiger partial charge on any atom is -0.490 e. The maximum Gasteiger partial charge on any atom is 0.165 e. The third-order valence-electron chi connectivity index (χ3n) is 2.86. The summed E-state index contributed by atoms with van der Waals surface area (Å²) >= 11 is 5.48. The first-order chi connectivity index (χ1) is 8.71. The summed E-state index contributed by atoms with van der Waals surface area (Å²) in [4.78, 5) is 0. The third-order valence-corrected chi connectivity index (χ3v) is 2.99. The van der Waals surface area contributed by atoms with Crippen LogP contribution in [0, 0.1) is 23.6 Å².